The van der Waals surface area contributed by atoms with Crippen molar-refractivity contribution in [2.45, 2.75) is 6.61 Å². The van der Waals surface area contributed by atoms with Crippen molar-refractivity contribution in [1.82, 2.24) is 5.32 Å². The maximum atomic E-state index is 12.1. The topological polar surface area (TPSA) is 108 Å². The number of carbonyl (C=O) groups is 4. The molecule has 0 bridgehead atoms. The molecule has 0 fully saturated rings. The molecule has 2 aromatic carbocycles. The Hall–Kier alpha value is -4.08. The van der Waals surface area contributed by atoms with Gasteiger partial charge in [0.05, 0.1) is 12.7 Å². The highest BCUT2D eigenvalue weighted by molar-refractivity contribution is 6.05. The lowest BCUT2D eigenvalue weighted by atomic mass is 10.1. The number of imide groups is 1. The zero-order chi connectivity index (χ0) is 22.8. The van der Waals surface area contributed by atoms with Crippen LogP contribution in [0, 0.1) is 0 Å². The number of nitrogens with one attached hydrogen (secondary N) is 1. The summed E-state index contributed by atoms with van der Waals surface area (Å²) in [5, 5.41) is 2.00. The summed E-state index contributed by atoms with van der Waals surface area (Å²) in [5.74, 6) is -3.13. The van der Waals surface area contributed by atoms with E-state index >= 15 is 0 Å². The van der Waals surface area contributed by atoms with E-state index in [2.05, 4.69) is 9.47 Å². The summed E-state index contributed by atoms with van der Waals surface area (Å²) in [5.41, 5.74) is 0.972. The van der Waals surface area contributed by atoms with Gasteiger partial charge in [-0.1, -0.05) is 12.1 Å². The molecule has 0 aromatic heterocycles. The molecule has 10 heteroatoms. The fourth-order valence-electron chi connectivity index (χ4n) is 2.22. The van der Waals surface area contributed by atoms with Gasteiger partial charge in [-0.05, 0) is 48.0 Å². The lowest BCUT2D eigenvalue weighted by Gasteiger charge is -2.06. The molecule has 2 aromatic rings. The van der Waals surface area contributed by atoms with Crippen molar-refractivity contribution in [2.75, 3.05) is 13.7 Å². The zero-order valence-corrected chi connectivity index (χ0v) is 16.2. The Morgan fingerprint density at radius 3 is 2.16 bits per heavy atom. The van der Waals surface area contributed by atoms with Crippen LogP contribution in [0.1, 0.15) is 26.3 Å². The van der Waals surface area contributed by atoms with Crippen molar-refractivity contribution in [2.24, 2.45) is 0 Å². The third-order valence-electron chi connectivity index (χ3n) is 3.68. The summed E-state index contributed by atoms with van der Waals surface area (Å²) in [4.78, 5) is 46.7. The Kier molecular flexibility index (Phi) is 8.38. The number of halogens is 2. The first-order valence-corrected chi connectivity index (χ1v) is 8.70. The van der Waals surface area contributed by atoms with Crippen molar-refractivity contribution < 1.29 is 42.2 Å². The SMILES string of the molecule is COC(=O)c1ccc(/C=C/C(=O)OCC(=O)NC(=O)c2ccc(OC(F)F)cc2)cc1. The molecule has 31 heavy (non-hydrogen) atoms. The molecule has 162 valence electrons. The van der Waals surface area contributed by atoms with E-state index in [4.69, 9.17) is 4.74 Å². The highest BCUT2D eigenvalue weighted by Gasteiger charge is 2.13. The molecule has 0 radical (unpaired) electrons. The van der Waals surface area contributed by atoms with E-state index in [1.165, 1.54) is 37.5 Å². The predicted octanol–water partition coefficient (Wildman–Crippen LogP) is 2.59. The van der Waals surface area contributed by atoms with Crippen LogP contribution in [0.15, 0.2) is 54.6 Å². The third-order valence-corrected chi connectivity index (χ3v) is 3.68. The molecule has 0 heterocycles. The van der Waals surface area contributed by atoms with Gasteiger partial charge in [-0.25, -0.2) is 9.59 Å². The van der Waals surface area contributed by atoms with Crippen LogP contribution in [0.5, 0.6) is 5.75 Å². The van der Waals surface area contributed by atoms with Crippen LogP contribution < -0.4 is 10.1 Å². The first kappa shape index (κ1) is 23.2. The fourth-order valence-corrected chi connectivity index (χ4v) is 2.22. The van der Waals surface area contributed by atoms with E-state index < -0.39 is 37.0 Å². The van der Waals surface area contributed by atoms with Crippen LogP contribution in [0.25, 0.3) is 6.08 Å². The Labute approximate surface area is 175 Å². The largest absolute Gasteiger partial charge is 0.465 e. The first-order valence-electron chi connectivity index (χ1n) is 8.70. The molecule has 0 aliphatic heterocycles. The van der Waals surface area contributed by atoms with Crippen molar-refractivity contribution in [1.29, 1.82) is 0 Å². The zero-order valence-electron chi connectivity index (χ0n) is 16.2. The Balaban J connectivity index is 1.79. The summed E-state index contributed by atoms with van der Waals surface area (Å²) >= 11 is 0. The minimum absolute atomic E-state index is 0.0246. The molecule has 8 nitrogen and oxygen atoms in total. The third kappa shape index (κ3) is 7.69. The monoisotopic (exact) mass is 433 g/mol. The molecular weight excluding hydrogens is 416 g/mol. The summed E-state index contributed by atoms with van der Waals surface area (Å²) in [6, 6.07) is 10.9. The van der Waals surface area contributed by atoms with Gasteiger partial charge < -0.3 is 14.2 Å². The van der Waals surface area contributed by atoms with Crippen LogP contribution in [-0.4, -0.2) is 44.1 Å². The van der Waals surface area contributed by atoms with E-state index in [1.807, 2.05) is 5.32 Å². The number of ether oxygens (including phenoxy) is 3. The number of hydrogen-bond donors (Lipinski definition) is 1. The van der Waals surface area contributed by atoms with Crippen molar-refractivity contribution in [3.05, 3.63) is 71.3 Å². The average molecular weight is 433 g/mol. The summed E-state index contributed by atoms with van der Waals surface area (Å²) in [6.45, 7) is -3.70. The molecule has 2 rings (SSSR count). The summed E-state index contributed by atoms with van der Waals surface area (Å²) < 4.78 is 37.7. The number of amides is 2. The van der Waals surface area contributed by atoms with Gasteiger partial charge in [-0.3, -0.25) is 14.9 Å². The van der Waals surface area contributed by atoms with E-state index in [1.54, 1.807) is 12.1 Å². The fraction of sp³-hybridized carbons (Fsp3) is 0.143. The number of hydrogen-bond acceptors (Lipinski definition) is 7. The molecule has 0 unspecified atom stereocenters. The highest BCUT2D eigenvalue weighted by atomic mass is 19.3. The van der Waals surface area contributed by atoms with Crippen LogP contribution in [0.3, 0.4) is 0 Å². The molecule has 2 amide bonds. The Bertz CT molecular complexity index is 970. The summed E-state index contributed by atoms with van der Waals surface area (Å²) in [6.07, 6.45) is 2.49. The molecule has 0 saturated carbocycles. The second-order valence-electron chi connectivity index (χ2n) is 5.83. The molecule has 0 saturated heterocycles. The van der Waals surface area contributed by atoms with Crippen LogP contribution in [-0.2, 0) is 19.1 Å². The minimum atomic E-state index is -3.00. The summed E-state index contributed by atoms with van der Waals surface area (Å²) in [7, 11) is 1.26. The van der Waals surface area contributed by atoms with Gasteiger partial charge in [-0.2, -0.15) is 8.78 Å². The second kappa shape index (κ2) is 11.2. The average Bonchev–Trinajstić information content (AvgIpc) is 2.76. The molecule has 0 aliphatic carbocycles. The number of methoxy groups -OCH3 is 1. The van der Waals surface area contributed by atoms with Gasteiger partial charge in [0, 0.05) is 11.6 Å². The molecular formula is C21H17F2NO7. The Morgan fingerprint density at radius 2 is 1.58 bits per heavy atom. The van der Waals surface area contributed by atoms with Crippen molar-refractivity contribution in [3.63, 3.8) is 0 Å². The van der Waals surface area contributed by atoms with Gasteiger partial charge in [0.15, 0.2) is 6.61 Å². The molecule has 0 atom stereocenters. The molecule has 0 spiro atoms. The molecule has 1 N–H and O–H groups in total. The lowest BCUT2D eigenvalue weighted by Crippen LogP contribution is -2.34. The maximum Gasteiger partial charge on any atom is 0.387 e. The quantitative estimate of drug-likeness (QED) is 0.504. The first-order chi connectivity index (χ1) is 14.8. The van der Waals surface area contributed by atoms with Crippen molar-refractivity contribution >= 4 is 29.8 Å². The van der Waals surface area contributed by atoms with Gasteiger partial charge >= 0.3 is 18.6 Å². The van der Waals surface area contributed by atoms with Gasteiger partial charge in [0.1, 0.15) is 5.75 Å². The van der Waals surface area contributed by atoms with Crippen molar-refractivity contribution in [3.8, 4) is 5.75 Å². The Morgan fingerprint density at radius 1 is 0.968 bits per heavy atom. The second-order valence-corrected chi connectivity index (χ2v) is 5.83. The normalized spacial score (nSPS) is 10.6. The van der Waals surface area contributed by atoms with Crippen LogP contribution in [0.4, 0.5) is 8.78 Å². The predicted molar refractivity (Wildman–Crippen MR) is 103 cm³/mol. The van der Waals surface area contributed by atoms with E-state index in [0.717, 1.165) is 18.2 Å². The van der Waals surface area contributed by atoms with E-state index in [0.29, 0.717) is 11.1 Å². The number of rotatable bonds is 8. The standard InChI is InChI=1S/C21H17F2NO7/c1-29-20(28)15-5-2-13(3-6-15)4-11-18(26)30-12-17(25)24-19(27)14-7-9-16(10-8-14)31-21(22)23/h2-11,21H,12H2,1H3,(H,24,25,27)/b11-4+. The number of alkyl halides is 2. The van der Waals surface area contributed by atoms with Crippen LogP contribution in [0.2, 0.25) is 0 Å². The van der Waals surface area contributed by atoms with Gasteiger partial charge in [0.25, 0.3) is 11.8 Å². The smallest absolute Gasteiger partial charge is 0.387 e. The number of esters is 2. The van der Waals surface area contributed by atoms with Gasteiger partial charge in [0.2, 0.25) is 0 Å². The van der Waals surface area contributed by atoms with E-state index in [-0.39, 0.29) is 11.3 Å². The maximum absolute atomic E-state index is 12.1. The molecule has 0 aliphatic rings. The number of carbonyl (C=O) groups excluding carboxylic acids is 4. The van der Waals surface area contributed by atoms with Crippen LogP contribution >= 0.6 is 0 Å². The number of benzene rings is 2. The minimum Gasteiger partial charge on any atom is -0.465 e. The lowest BCUT2D eigenvalue weighted by molar-refractivity contribution is -0.143. The van der Waals surface area contributed by atoms with E-state index in [9.17, 15) is 28.0 Å². The van der Waals surface area contributed by atoms with Gasteiger partial charge in [-0.15, -0.1) is 0 Å². The highest BCUT2D eigenvalue weighted by Crippen LogP contribution is 2.14.